The first kappa shape index (κ1) is 18.4. The quantitative estimate of drug-likeness (QED) is 0.792. The fourth-order valence-electron chi connectivity index (χ4n) is 2.94. The van der Waals surface area contributed by atoms with Crippen LogP contribution in [0.25, 0.3) is 0 Å². The van der Waals surface area contributed by atoms with Crippen molar-refractivity contribution in [1.82, 2.24) is 9.80 Å². The fraction of sp³-hybridized carbons (Fsp3) is 0.938. The first-order chi connectivity index (χ1) is 9.52. The number of amides is 1. The monoisotopic (exact) mass is 299 g/mol. The average Bonchev–Trinajstić information content (AvgIpc) is 2.33. The van der Waals surface area contributed by atoms with Gasteiger partial charge in [-0.05, 0) is 25.7 Å². The van der Waals surface area contributed by atoms with Gasteiger partial charge < -0.3 is 15.7 Å². The first-order valence-corrected chi connectivity index (χ1v) is 7.95. The molecule has 0 saturated carbocycles. The van der Waals surface area contributed by atoms with Gasteiger partial charge >= 0.3 is 0 Å². The summed E-state index contributed by atoms with van der Waals surface area (Å²) in [5, 5.41) is 9.86. The molecule has 0 radical (unpaired) electrons. The number of carbonyl (C=O) groups is 1. The van der Waals surface area contributed by atoms with Gasteiger partial charge in [0.05, 0.1) is 11.5 Å². The third-order valence-electron chi connectivity index (χ3n) is 3.79. The molecular weight excluding hydrogens is 266 g/mol. The second-order valence-electron chi connectivity index (χ2n) is 8.11. The number of aliphatic hydroxyl groups is 1. The highest BCUT2D eigenvalue weighted by atomic mass is 16.3. The molecule has 1 amide bonds. The number of hydrogen-bond acceptors (Lipinski definition) is 4. The van der Waals surface area contributed by atoms with Crippen molar-refractivity contribution in [3.05, 3.63) is 0 Å². The molecule has 5 nitrogen and oxygen atoms in total. The predicted molar refractivity (Wildman–Crippen MR) is 85.9 cm³/mol. The smallest absolute Gasteiger partial charge is 0.227 e. The van der Waals surface area contributed by atoms with Crippen LogP contribution in [0.2, 0.25) is 0 Å². The highest BCUT2D eigenvalue weighted by Crippen LogP contribution is 2.25. The molecule has 1 aliphatic rings. The Morgan fingerprint density at radius 3 is 2.05 bits per heavy atom. The van der Waals surface area contributed by atoms with Crippen molar-refractivity contribution in [2.75, 3.05) is 39.3 Å². The lowest BCUT2D eigenvalue weighted by molar-refractivity contribution is -0.138. The van der Waals surface area contributed by atoms with Crippen LogP contribution in [0.3, 0.4) is 0 Å². The number of nitrogens with zero attached hydrogens (tertiary/aromatic N) is 2. The van der Waals surface area contributed by atoms with E-state index < -0.39 is 5.60 Å². The molecule has 1 atom stereocenters. The maximum absolute atomic E-state index is 12.6. The van der Waals surface area contributed by atoms with E-state index in [0.717, 1.165) is 32.6 Å². The maximum Gasteiger partial charge on any atom is 0.227 e. The zero-order valence-corrected chi connectivity index (χ0v) is 14.4. The zero-order valence-electron chi connectivity index (χ0n) is 14.4. The summed E-state index contributed by atoms with van der Waals surface area (Å²) in [4.78, 5) is 16.7. The molecule has 5 heteroatoms. The molecule has 1 unspecified atom stereocenters. The average molecular weight is 299 g/mol. The third-order valence-corrected chi connectivity index (χ3v) is 3.79. The van der Waals surface area contributed by atoms with Gasteiger partial charge in [-0.1, -0.05) is 20.8 Å². The van der Waals surface area contributed by atoms with Gasteiger partial charge in [0.2, 0.25) is 5.91 Å². The molecule has 124 valence electrons. The Balaban J connectivity index is 2.50. The molecule has 1 heterocycles. The number of hydrogen-bond donors (Lipinski definition) is 2. The minimum Gasteiger partial charge on any atom is -0.389 e. The van der Waals surface area contributed by atoms with Crippen molar-refractivity contribution in [2.24, 2.45) is 17.1 Å². The van der Waals surface area contributed by atoms with E-state index >= 15 is 0 Å². The largest absolute Gasteiger partial charge is 0.389 e. The SMILES string of the molecule is CC(C)(C)CC(CN)C(=O)N1CCN(CC(C)(C)O)CC1. The van der Waals surface area contributed by atoms with Gasteiger partial charge in [-0.2, -0.15) is 0 Å². The molecule has 1 rings (SSSR count). The van der Waals surface area contributed by atoms with Crippen molar-refractivity contribution >= 4 is 5.91 Å². The lowest BCUT2D eigenvalue weighted by atomic mass is 9.84. The van der Waals surface area contributed by atoms with Crippen molar-refractivity contribution in [3.63, 3.8) is 0 Å². The van der Waals surface area contributed by atoms with Crippen LogP contribution in [0.1, 0.15) is 41.0 Å². The van der Waals surface area contributed by atoms with Crippen LogP contribution in [0.4, 0.5) is 0 Å². The second-order valence-corrected chi connectivity index (χ2v) is 8.11. The number of piperazine rings is 1. The molecule has 0 aromatic rings. The maximum atomic E-state index is 12.6. The molecule has 1 aliphatic heterocycles. The van der Waals surface area contributed by atoms with Gasteiger partial charge in [-0.25, -0.2) is 0 Å². The predicted octanol–water partition coefficient (Wildman–Crippen LogP) is 0.913. The summed E-state index contributed by atoms with van der Waals surface area (Å²) in [5.41, 5.74) is 5.24. The van der Waals surface area contributed by atoms with Crippen molar-refractivity contribution in [2.45, 2.75) is 46.6 Å². The van der Waals surface area contributed by atoms with E-state index in [9.17, 15) is 9.90 Å². The Hall–Kier alpha value is -0.650. The van der Waals surface area contributed by atoms with Crippen LogP contribution in [0, 0.1) is 11.3 Å². The molecular formula is C16H33N3O2. The summed E-state index contributed by atoms with van der Waals surface area (Å²) in [6, 6.07) is 0. The van der Waals surface area contributed by atoms with Gasteiger partial charge in [0.1, 0.15) is 0 Å². The van der Waals surface area contributed by atoms with Crippen LogP contribution in [0.15, 0.2) is 0 Å². The number of nitrogens with two attached hydrogens (primary N) is 1. The number of carbonyl (C=O) groups excluding carboxylic acids is 1. The summed E-state index contributed by atoms with van der Waals surface area (Å²) in [5.74, 6) is 0.112. The Kier molecular flexibility index (Phi) is 6.20. The van der Waals surface area contributed by atoms with E-state index in [1.165, 1.54) is 0 Å². The van der Waals surface area contributed by atoms with Gasteiger partial charge in [0.25, 0.3) is 0 Å². The van der Waals surface area contributed by atoms with Crippen LogP contribution in [0.5, 0.6) is 0 Å². The van der Waals surface area contributed by atoms with E-state index in [4.69, 9.17) is 5.73 Å². The molecule has 21 heavy (non-hydrogen) atoms. The summed E-state index contributed by atoms with van der Waals surface area (Å²) < 4.78 is 0. The van der Waals surface area contributed by atoms with Crippen LogP contribution >= 0.6 is 0 Å². The van der Waals surface area contributed by atoms with E-state index in [0.29, 0.717) is 13.1 Å². The molecule has 0 spiro atoms. The van der Waals surface area contributed by atoms with Crippen molar-refractivity contribution in [1.29, 1.82) is 0 Å². The molecule has 0 bridgehead atoms. The minimum atomic E-state index is -0.682. The molecule has 0 aromatic heterocycles. The molecule has 0 aromatic carbocycles. The Morgan fingerprint density at radius 2 is 1.67 bits per heavy atom. The van der Waals surface area contributed by atoms with E-state index in [-0.39, 0.29) is 17.2 Å². The number of rotatable bonds is 5. The summed E-state index contributed by atoms with van der Waals surface area (Å²) in [6.07, 6.45) is 0.826. The van der Waals surface area contributed by atoms with Crippen LogP contribution < -0.4 is 5.73 Å². The summed E-state index contributed by atoms with van der Waals surface area (Å²) in [7, 11) is 0. The summed E-state index contributed by atoms with van der Waals surface area (Å²) >= 11 is 0. The normalized spacial score (nSPS) is 19.7. The van der Waals surface area contributed by atoms with Gasteiger partial charge in [0.15, 0.2) is 0 Å². The fourth-order valence-corrected chi connectivity index (χ4v) is 2.94. The molecule has 3 N–H and O–H groups in total. The van der Waals surface area contributed by atoms with Crippen molar-refractivity contribution < 1.29 is 9.90 Å². The lowest BCUT2D eigenvalue weighted by Crippen LogP contribution is -2.53. The first-order valence-electron chi connectivity index (χ1n) is 7.95. The van der Waals surface area contributed by atoms with Gasteiger partial charge in [-0.3, -0.25) is 9.69 Å². The number of β-amino-alcohol motifs (C(OH)–C–C–N with tert-alkyl or cyclic N) is 1. The topological polar surface area (TPSA) is 69.8 Å². The highest BCUT2D eigenvalue weighted by molar-refractivity contribution is 5.79. The molecule has 1 fully saturated rings. The van der Waals surface area contributed by atoms with E-state index in [1.807, 2.05) is 18.7 Å². The minimum absolute atomic E-state index is 0.0779. The Labute approximate surface area is 129 Å². The zero-order chi connectivity index (χ0) is 16.3. The van der Waals surface area contributed by atoms with E-state index in [2.05, 4.69) is 25.7 Å². The van der Waals surface area contributed by atoms with Crippen LogP contribution in [-0.4, -0.2) is 65.7 Å². The standard InChI is InChI=1S/C16H33N3O2/c1-15(2,3)10-13(11-17)14(20)19-8-6-18(7-9-19)12-16(4,5)21/h13,21H,6-12,17H2,1-5H3. The van der Waals surface area contributed by atoms with Gasteiger partial charge in [0, 0.05) is 39.3 Å². The molecule has 1 saturated heterocycles. The molecule has 0 aliphatic carbocycles. The van der Waals surface area contributed by atoms with Crippen LogP contribution in [-0.2, 0) is 4.79 Å². The highest BCUT2D eigenvalue weighted by Gasteiger charge is 2.30. The van der Waals surface area contributed by atoms with E-state index in [1.54, 1.807) is 0 Å². The summed E-state index contributed by atoms with van der Waals surface area (Å²) in [6.45, 7) is 14.2. The van der Waals surface area contributed by atoms with Gasteiger partial charge in [-0.15, -0.1) is 0 Å². The Morgan fingerprint density at radius 1 is 1.14 bits per heavy atom. The Bertz CT molecular complexity index is 336. The lowest BCUT2D eigenvalue weighted by Gasteiger charge is -2.39. The van der Waals surface area contributed by atoms with Crippen molar-refractivity contribution in [3.8, 4) is 0 Å². The second kappa shape index (κ2) is 7.07. The third kappa shape index (κ3) is 6.76.